The number of anilines is 2. The molecule has 3 rings (SSSR count). The van der Waals surface area contributed by atoms with E-state index in [0.717, 1.165) is 5.56 Å². The van der Waals surface area contributed by atoms with E-state index in [-0.39, 0.29) is 18.4 Å². The van der Waals surface area contributed by atoms with Crippen LogP contribution in [0.4, 0.5) is 11.4 Å². The summed E-state index contributed by atoms with van der Waals surface area (Å²) in [5.41, 5.74) is 2.55. The van der Waals surface area contributed by atoms with Crippen LogP contribution in [-0.2, 0) is 16.1 Å². The van der Waals surface area contributed by atoms with Gasteiger partial charge in [0.25, 0.3) is 5.91 Å². The molecule has 0 heterocycles. The zero-order valence-electron chi connectivity index (χ0n) is 17.4. The van der Waals surface area contributed by atoms with Crippen molar-refractivity contribution in [3.05, 3.63) is 83.9 Å². The fourth-order valence-electron chi connectivity index (χ4n) is 2.87. The number of ether oxygens (including phenoxy) is 3. The van der Waals surface area contributed by atoms with Crippen LogP contribution in [0.15, 0.2) is 72.8 Å². The van der Waals surface area contributed by atoms with Crippen molar-refractivity contribution in [3.8, 4) is 11.5 Å². The largest absolute Gasteiger partial charge is 0.493 e. The maximum absolute atomic E-state index is 12.7. The summed E-state index contributed by atoms with van der Waals surface area (Å²) in [5, 5.41) is 5.51. The van der Waals surface area contributed by atoms with Gasteiger partial charge in [0.2, 0.25) is 5.91 Å². The van der Waals surface area contributed by atoms with E-state index < -0.39 is 0 Å². The Labute approximate surface area is 180 Å². The van der Waals surface area contributed by atoms with Gasteiger partial charge >= 0.3 is 0 Å². The number of nitrogens with one attached hydrogen (secondary N) is 2. The number of carbonyl (C=O) groups excluding carboxylic acids is 2. The summed E-state index contributed by atoms with van der Waals surface area (Å²) in [7, 11) is 2.97. The summed E-state index contributed by atoms with van der Waals surface area (Å²) in [6, 6.07) is 21.6. The van der Waals surface area contributed by atoms with Crippen molar-refractivity contribution in [1.82, 2.24) is 0 Å². The molecule has 0 aliphatic carbocycles. The minimum Gasteiger partial charge on any atom is -0.493 e. The molecule has 2 amide bonds. The summed E-state index contributed by atoms with van der Waals surface area (Å²) >= 11 is 0. The number of methoxy groups -OCH3 is 2. The molecule has 7 heteroatoms. The van der Waals surface area contributed by atoms with Crippen LogP contribution in [0.5, 0.6) is 11.5 Å². The lowest BCUT2D eigenvalue weighted by molar-refractivity contribution is -0.119. The fourth-order valence-corrected chi connectivity index (χ4v) is 2.87. The van der Waals surface area contributed by atoms with Gasteiger partial charge in [0.05, 0.1) is 7.11 Å². The highest BCUT2D eigenvalue weighted by Gasteiger charge is 2.12. The van der Waals surface area contributed by atoms with Gasteiger partial charge in [-0.2, -0.15) is 0 Å². The molecule has 0 saturated carbocycles. The second-order valence-corrected chi connectivity index (χ2v) is 6.66. The number of rotatable bonds is 9. The second kappa shape index (κ2) is 10.8. The first-order chi connectivity index (χ1) is 15.1. The van der Waals surface area contributed by atoms with E-state index in [0.29, 0.717) is 35.0 Å². The van der Waals surface area contributed by atoms with Crippen LogP contribution in [0.3, 0.4) is 0 Å². The summed E-state index contributed by atoms with van der Waals surface area (Å²) < 4.78 is 16.0. The van der Waals surface area contributed by atoms with Gasteiger partial charge in [-0.15, -0.1) is 0 Å². The quantitative estimate of drug-likeness (QED) is 0.544. The minimum absolute atomic E-state index is 0.0466. The molecular weight excluding hydrogens is 396 g/mol. The zero-order valence-corrected chi connectivity index (χ0v) is 17.4. The van der Waals surface area contributed by atoms with Gasteiger partial charge in [-0.1, -0.05) is 36.4 Å². The third-order valence-electron chi connectivity index (χ3n) is 4.34. The third kappa shape index (κ3) is 6.32. The van der Waals surface area contributed by atoms with Crippen LogP contribution in [-0.4, -0.2) is 32.6 Å². The molecule has 31 heavy (non-hydrogen) atoms. The van der Waals surface area contributed by atoms with Gasteiger partial charge in [-0.3, -0.25) is 9.59 Å². The van der Waals surface area contributed by atoms with Crippen LogP contribution >= 0.6 is 0 Å². The lowest BCUT2D eigenvalue weighted by atomic mass is 10.1. The predicted octanol–water partition coefficient (Wildman–Crippen LogP) is 4.11. The molecule has 3 aromatic rings. The van der Waals surface area contributed by atoms with Crippen molar-refractivity contribution >= 4 is 23.2 Å². The maximum atomic E-state index is 12.7. The number of hydrogen-bond donors (Lipinski definition) is 2. The molecule has 7 nitrogen and oxygen atoms in total. The number of carbonyl (C=O) groups is 2. The Morgan fingerprint density at radius 1 is 0.806 bits per heavy atom. The Morgan fingerprint density at radius 3 is 2.26 bits per heavy atom. The van der Waals surface area contributed by atoms with Crippen LogP contribution in [0.2, 0.25) is 0 Å². The second-order valence-electron chi connectivity index (χ2n) is 6.66. The average Bonchev–Trinajstić information content (AvgIpc) is 2.78. The van der Waals surface area contributed by atoms with Gasteiger partial charge in [-0.05, 0) is 42.0 Å². The Morgan fingerprint density at radius 2 is 1.55 bits per heavy atom. The Balaban J connectivity index is 1.67. The van der Waals surface area contributed by atoms with Crippen molar-refractivity contribution in [2.75, 3.05) is 31.5 Å². The standard InChI is InChI=1S/C24H24N2O5/c1-29-16-23(27)25-19-9-6-10-20(14-19)26-24(28)18-11-12-21(22(13-18)30-2)31-15-17-7-4-3-5-8-17/h3-14H,15-16H2,1-2H3,(H,25,27)(H,26,28). The molecule has 0 spiro atoms. The first-order valence-electron chi connectivity index (χ1n) is 9.64. The number of hydrogen-bond acceptors (Lipinski definition) is 5. The van der Waals surface area contributed by atoms with Gasteiger partial charge in [-0.25, -0.2) is 0 Å². The normalized spacial score (nSPS) is 10.3. The highest BCUT2D eigenvalue weighted by atomic mass is 16.5. The molecule has 0 aliphatic rings. The van der Waals surface area contributed by atoms with E-state index in [2.05, 4.69) is 10.6 Å². The highest BCUT2D eigenvalue weighted by molar-refractivity contribution is 6.05. The summed E-state index contributed by atoms with van der Waals surface area (Å²) in [4.78, 5) is 24.4. The molecule has 0 atom stereocenters. The van der Waals surface area contributed by atoms with Crippen LogP contribution in [0.25, 0.3) is 0 Å². The number of amides is 2. The zero-order chi connectivity index (χ0) is 22.1. The van der Waals surface area contributed by atoms with Gasteiger partial charge in [0.15, 0.2) is 11.5 Å². The summed E-state index contributed by atoms with van der Waals surface area (Å²) in [6.07, 6.45) is 0. The third-order valence-corrected chi connectivity index (χ3v) is 4.34. The van der Waals surface area contributed by atoms with E-state index in [1.807, 2.05) is 30.3 Å². The fraction of sp³-hybridized carbons (Fsp3) is 0.167. The van der Waals surface area contributed by atoms with Crippen molar-refractivity contribution in [3.63, 3.8) is 0 Å². The van der Waals surface area contributed by atoms with Gasteiger partial charge in [0.1, 0.15) is 13.2 Å². The molecular formula is C24H24N2O5. The topological polar surface area (TPSA) is 85.9 Å². The van der Waals surface area contributed by atoms with Crippen molar-refractivity contribution < 1.29 is 23.8 Å². The molecule has 160 valence electrons. The first kappa shape index (κ1) is 21.9. The molecule has 0 saturated heterocycles. The number of benzene rings is 3. The SMILES string of the molecule is COCC(=O)Nc1cccc(NC(=O)c2ccc(OCc3ccccc3)c(OC)c2)c1. The Kier molecular flexibility index (Phi) is 7.61. The van der Waals surface area contributed by atoms with E-state index in [9.17, 15) is 9.59 Å². The first-order valence-corrected chi connectivity index (χ1v) is 9.64. The van der Waals surface area contributed by atoms with Crippen molar-refractivity contribution in [2.45, 2.75) is 6.61 Å². The Hall–Kier alpha value is -3.84. The predicted molar refractivity (Wildman–Crippen MR) is 119 cm³/mol. The van der Waals surface area contributed by atoms with Crippen molar-refractivity contribution in [2.24, 2.45) is 0 Å². The molecule has 0 aromatic heterocycles. The molecule has 2 N–H and O–H groups in total. The van der Waals surface area contributed by atoms with Crippen LogP contribution in [0, 0.1) is 0 Å². The van der Waals surface area contributed by atoms with E-state index in [1.54, 1.807) is 42.5 Å². The van der Waals surface area contributed by atoms with E-state index in [4.69, 9.17) is 14.2 Å². The van der Waals surface area contributed by atoms with E-state index >= 15 is 0 Å². The van der Waals surface area contributed by atoms with Gasteiger partial charge in [0, 0.05) is 24.0 Å². The Bertz CT molecular complexity index is 1040. The van der Waals surface area contributed by atoms with Crippen LogP contribution < -0.4 is 20.1 Å². The highest BCUT2D eigenvalue weighted by Crippen LogP contribution is 2.29. The minimum atomic E-state index is -0.312. The molecule has 0 fully saturated rings. The van der Waals surface area contributed by atoms with Crippen LogP contribution in [0.1, 0.15) is 15.9 Å². The van der Waals surface area contributed by atoms with Gasteiger partial charge < -0.3 is 24.8 Å². The summed E-state index contributed by atoms with van der Waals surface area (Å²) in [6.45, 7) is 0.347. The smallest absolute Gasteiger partial charge is 0.255 e. The molecule has 0 aliphatic heterocycles. The molecule has 0 unspecified atom stereocenters. The lowest BCUT2D eigenvalue weighted by Gasteiger charge is -2.13. The van der Waals surface area contributed by atoms with E-state index in [1.165, 1.54) is 14.2 Å². The maximum Gasteiger partial charge on any atom is 0.255 e. The average molecular weight is 420 g/mol. The molecule has 0 bridgehead atoms. The van der Waals surface area contributed by atoms with Crippen molar-refractivity contribution in [1.29, 1.82) is 0 Å². The molecule has 3 aromatic carbocycles. The lowest BCUT2D eigenvalue weighted by Crippen LogP contribution is -2.17. The summed E-state index contributed by atoms with van der Waals surface area (Å²) in [5.74, 6) is 0.421. The monoisotopic (exact) mass is 420 g/mol. The molecule has 0 radical (unpaired) electrons.